The van der Waals surface area contributed by atoms with Crippen molar-refractivity contribution in [2.45, 2.75) is 20.5 Å². The van der Waals surface area contributed by atoms with Crippen LogP contribution in [0.3, 0.4) is 0 Å². The van der Waals surface area contributed by atoms with E-state index in [1.165, 1.54) is 17.6 Å². The first-order valence-electron chi connectivity index (χ1n) is 6.04. The molecule has 1 N–H and O–H groups in total. The molecular formula is C12H14N4O3S. The van der Waals surface area contributed by atoms with E-state index in [0.29, 0.717) is 5.69 Å². The van der Waals surface area contributed by atoms with E-state index in [1.807, 2.05) is 6.92 Å². The molecular weight excluding hydrogens is 280 g/mol. The molecule has 0 aliphatic carbocycles. The van der Waals surface area contributed by atoms with Crippen molar-refractivity contribution in [2.75, 3.05) is 11.9 Å². The molecule has 7 nitrogen and oxygen atoms in total. The lowest BCUT2D eigenvalue weighted by Gasteiger charge is -2.07. The monoisotopic (exact) mass is 294 g/mol. The zero-order valence-corrected chi connectivity index (χ0v) is 11.9. The Morgan fingerprint density at radius 2 is 2.30 bits per heavy atom. The number of rotatable bonds is 6. The van der Waals surface area contributed by atoms with Crippen molar-refractivity contribution in [3.63, 3.8) is 0 Å². The number of nitrogens with one attached hydrogen (secondary N) is 1. The van der Waals surface area contributed by atoms with Crippen molar-refractivity contribution in [3.8, 4) is 5.75 Å². The minimum atomic E-state index is -0.452. The number of ether oxygens (including phenoxy) is 1. The Morgan fingerprint density at radius 1 is 1.50 bits per heavy atom. The summed E-state index contributed by atoms with van der Waals surface area (Å²) in [7, 11) is 0. The SMILES string of the molecule is CCNc1snnc1COc1ccc(C)cc1[N+](=O)[O-]. The molecule has 1 aromatic heterocycles. The molecule has 0 amide bonds. The van der Waals surface area contributed by atoms with Crippen LogP contribution >= 0.6 is 11.5 Å². The van der Waals surface area contributed by atoms with Gasteiger partial charge in [0.1, 0.15) is 17.3 Å². The van der Waals surface area contributed by atoms with Gasteiger partial charge in [0.2, 0.25) is 0 Å². The van der Waals surface area contributed by atoms with Crippen molar-refractivity contribution in [2.24, 2.45) is 0 Å². The number of aromatic nitrogens is 2. The van der Waals surface area contributed by atoms with Gasteiger partial charge in [0.05, 0.1) is 4.92 Å². The molecule has 2 aromatic rings. The summed E-state index contributed by atoms with van der Waals surface area (Å²) < 4.78 is 9.35. The Bertz CT molecular complexity index is 614. The van der Waals surface area contributed by atoms with Crippen LogP contribution < -0.4 is 10.1 Å². The molecule has 0 radical (unpaired) electrons. The first kappa shape index (κ1) is 14.2. The lowest BCUT2D eigenvalue weighted by atomic mass is 10.2. The standard InChI is InChI=1S/C12H14N4O3S/c1-3-13-12-9(14-15-20-12)7-19-11-5-4-8(2)6-10(11)16(17)18/h4-6,13H,3,7H2,1-2H3. The van der Waals surface area contributed by atoms with Crippen LogP contribution in [-0.2, 0) is 6.61 Å². The molecule has 1 heterocycles. The highest BCUT2D eigenvalue weighted by molar-refractivity contribution is 7.10. The fourth-order valence-corrected chi connectivity index (χ4v) is 2.27. The van der Waals surface area contributed by atoms with Gasteiger partial charge in [-0.3, -0.25) is 10.1 Å². The van der Waals surface area contributed by atoms with E-state index in [9.17, 15) is 10.1 Å². The van der Waals surface area contributed by atoms with E-state index in [2.05, 4.69) is 14.9 Å². The van der Waals surface area contributed by atoms with Gasteiger partial charge in [-0.1, -0.05) is 10.6 Å². The van der Waals surface area contributed by atoms with E-state index in [-0.39, 0.29) is 18.0 Å². The third kappa shape index (κ3) is 3.21. The zero-order valence-electron chi connectivity index (χ0n) is 11.1. The first-order valence-corrected chi connectivity index (χ1v) is 6.82. The van der Waals surface area contributed by atoms with Gasteiger partial charge in [-0.05, 0) is 25.5 Å². The molecule has 0 aliphatic heterocycles. The predicted octanol–water partition coefficient (Wildman–Crippen LogP) is 2.77. The fraction of sp³-hybridized carbons (Fsp3) is 0.333. The Balaban J connectivity index is 2.14. The zero-order chi connectivity index (χ0) is 14.5. The third-order valence-corrected chi connectivity index (χ3v) is 3.29. The Kier molecular flexibility index (Phi) is 4.46. The second-order valence-electron chi connectivity index (χ2n) is 4.10. The molecule has 1 aromatic carbocycles. The van der Waals surface area contributed by atoms with E-state index in [4.69, 9.17) is 4.74 Å². The summed E-state index contributed by atoms with van der Waals surface area (Å²) in [5, 5.41) is 18.9. The third-order valence-electron chi connectivity index (χ3n) is 2.57. The predicted molar refractivity (Wildman–Crippen MR) is 76.2 cm³/mol. The minimum Gasteiger partial charge on any atom is -0.480 e. The molecule has 0 atom stereocenters. The van der Waals surface area contributed by atoms with Gasteiger partial charge in [0, 0.05) is 24.1 Å². The number of nitro benzene ring substituents is 1. The topological polar surface area (TPSA) is 90.2 Å². The number of hydrogen-bond acceptors (Lipinski definition) is 7. The largest absolute Gasteiger partial charge is 0.480 e. The molecule has 0 saturated heterocycles. The van der Waals surface area contributed by atoms with E-state index in [1.54, 1.807) is 19.1 Å². The second-order valence-corrected chi connectivity index (χ2v) is 4.85. The van der Waals surface area contributed by atoms with Crippen LogP contribution in [0.2, 0.25) is 0 Å². The van der Waals surface area contributed by atoms with Crippen molar-refractivity contribution in [3.05, 3.63) is 39.6 Å². The van der Waals surface area contributed by atoms with Gasteiger partial charge in [-0.25, -0.2) is 0 Å². The highest BCUT2D eigenvalue weighted by Gasteiger charge is 2.16. The van der Waals surface area contributed by atoms with Crippen molar-refractivity contribution < 1.29 is 9.66 Å². The van der Waals surface area contributed by atoms with Crippen molar-refractivity contribution >= 4 is 22.2 Å². The number of anilines is 1. The maximum absolute atomic E-state index is 11.0. The van der Waals surface area contributed by atoms with Crippen LogP contribution in [0, 0.1) is 17.0 Å². The Morgan fingerprint density at radius 3 is 3.00 bits per heavy atom. The molecule has 2 rings (SSSR count). The van der Waals surface area contributed by atoms with Crippen LogP contribution in [0.5, 0.6) is 5.75 Å². The number of nitrogens with zero attached hydrogens (tertiary/aromatic N) is 3. The minimum absolute atomic E-state index is 0.0433. The van der Waals surface area contributed by atoms with E-state index < -0.39 is 4.92 Å². The van der Waals surface area contributed by atoms with Gasteiger partial charge >= 0.3 is 5.69 Å². The Labute approximate surface area is 119 Å². The summed E-state index contributed by atoms with van der Waals surface area (Å²) >= 11 is 1.24. The summed E-state index contributed by atoms with van der Waals surface area (Å²) in [6.45, 7) is 4.66. The summed E-state index contributed by atoms with van der Waals surface area (Å²) in [4.78, 5) is 10.5. The van der Waals surface area contributed by atoms with Crippen molar-refractivity contribution in [1.29, 1.82) is 0 Å². The number of benzene rings is 1. The summed E-state index contributed by atoms with van der Waals surface area (Å²) in [5.74, 6) is 0.232. The van der Waals surface area contributed by atoms with Crippen LogP contribution in [0.4, 0.5) is 10.7 Å². The summed E-state index contributed by atoms with van der Waals surface area (Å²) in [5.41, 5.74) is 1.41. The highest BCUT2D eigenvalue weighted by atomic mass is 32.1. The van der Waals surface area contributed by atoms with Gasteiger partial charge < -0.3 is 10.1 Å². The molecule has 8 heteroatoms. The van der Waals surface area contributed by atoms with E-state index in [0.717, 1.165) is 17.1 Å². The molecule has 0 aliphatic rings. The molecule has 0 saturated carbocycles. The van der Waals surface area contributed by atoms with Crippen LogP contribution in [0.15, 0.2) is 18.2 Å². The Hall–Kier alpha value is -2.22. The molecule has 106 valence electrons. The van der Waals surface area contributed by atoms with Crippen LogP contribution in [0.1, 0.15) is 18.2 Å². The molecule has 0 bridgehead atoms. The lowest BCUT2D eigenvalue weighted by molar-refractivity contribution is -0.386. The lowest BCUT2D eigenvalue weighted by Crippen LogP contribution is -2.03. The van der Waals surface area contributed by atoms with E-state index >= 15 is 0 Å². The smallest absolute Gasteiger partial charge is 0.311 e. The highest BCUT2D eigenvalue weighted by Crippen LogP contribution is 2.29. The average Bonchev–Trinajstić information content (AvgIpc) is 2.85. The molecule has 0 unspecified atom stereocenters. The molecule has 20 heavy (non-hydrogen) atoms. The fourth-order valence-electron chi connectivity index (χ4n) is 1.64. The molecule has 0 fully saturated rings. The van der Waals surface area contributed by atoms with Crippen molar-refractivity contribution in [1.82, 2.24) is 9.59 Å². The first-order chi connectivity index (χ1) is 9.61. The maximum Gasteiger partial charge on any atom is 0.311 e. The van der Waals surface area contributed by atoms with Gasteiger partial charge in [0.25, 0.3) is 0 Å². The van der Waals surface area contributed by atoms with Gasteiger partial charge in [0.15, 0.2) is 5.75 Å². The summed E-state index contributed by atoms with van der Waals surface area (Å²) in [6, 6.07) is 4.85. The molecule has 0 spiro atoms. The second kappa shape index (κ2) is 6.29. The normalized spacial score (nSPS) is 10.3. The number of aryl methyl sites for hydroxylation is 1. The maximum atomic E-state index is 11.0. The van der Waals surface area contributed by atoms with Gasteiger partial charge in [-0.15, -0.1) is 5.10 Å². The quantitative estimate of drug-likeness (QED) is 0.650. The van der Waals surface area contributed by atoms with Crippen LogP contribution in [-0.4, -0.2) is 21.1 Å². The summed E-state index contributed by atoms with van der Waals surface area (Å²) in [6.07, 6.45) is 0. The average molecular weight is 294 g/mol. The van der Waals surface area contributed by atoms with Crippen LogP contribution in [0.25, 0.3) is 0 Å². The van der Waals surface area contributed by atoms with Gasteiger partial charge in [-0.2, -0.15) is 0 Å². The number of hydrogen-bond donors (Lipinski definition) is 1. The number of nitro groups is 1.